The van der Waals surface area contributed by atoms with E-state index in [0.717, 1.165) is 0 Å². The first kappa shape index (κ1) is 10.0. The van der Waals surface area contributed by atoms with Crippen LogP contribution in [0.5, 0.6) is 0 Å². The van der Waals surface area contributed by atoms with Gasteiger partial charge in [0.1, 0.15) is 0 Å². The highest BCUT2D eigenvalue weighted by atomic mass is 16.5. The Labute approximate surface area is 79.2 Å². The van der Waals surface area contributed by atoms with Crippen molar-refractivity contribution in [2.24, 2.45) is 0 Å². The molecule has 0 spiro atoms. The number of rotatable bonds is 2. The van der Waals surface area contributed by atoms with Gasteiger partial charge < -0.3 is 15.2 Å². The number of nitrogen functional groups attached to an aromatic ring is 1. The highest BCUT2D eigenvalue weighted by Gasteiger charge is 2.22. The van der Waals surface area contributed by atoms with E-state index in [1.165, 1.54) is 14.2 Å². The highest BCUT2D eigenvalue weighted by molar-refractivity contribution is 6.01. The second-order valence-corrected chi connectivity index (χ2v) is 2.34. The van der Waals surface area contributed by atoms with Crippen LogP contribution in [-0.2, 0) is 9.47 Å². The van der Waals surface area contributed by atoms with Crippen LogP contribution >= 0.6 is 0 Å². The van der Waals surface area contributed by atoms with Crippen molar-refractivity contribution in [2.45, 2.75) is 0 Å². The molecular weight excluding hydrogens is 190 g/mol. The number of nitrogens with one attached hydrogen (secondary N) is 1. The quantitative estimate of drug-likeness (QED) is 0.625. The standard InChI is InChI=1S/C7H9N3O4/c1-13-6(11)4-3(8)5(10-9-4)7(12)14-2/h8H2,1-2H3,(H,9,10). The minimum absolute atomic E-state index is 0.0621. The molecule has 0 unspecified atom stereocenters. The van der Waals surface area contributed by atoms with Crippen LogP contribution in [0.2, 0.25) is 0 Å². The number of nitrogens with two attached hydrogens (primary N) is 1. The molecule has 0 aliphatic heterocycles. The second-order valence-electron chi connectivity index (χ2n) is 2.34. The molecule has 3 N–H and O–H groups in total. The van der Waals surface area contributed by atoms with E-state index in [-0.39, 0.29) is 17.1 Å². The van der Waals surface area contributed by atoms with Crippen molar-refractivity contribution in [1.82, 2.24) is 10.2 Å². The van der Waals surface area contributed by atoms with Gasteiger partial charge in [0.15, 0.2) is 11.4 Å². The van der Waals surface area contributed by atoms with E-state index in [1.807, 2.05) is 0 Å². The zero-order chi connectivity index (χ0) is 10.7. The lowest BCUT2D eigenvalue weighted by Crippen LogP contribution is -2.08. The summed E-state index contributed by atoms with van der Waals surface area (Å²) in [5.41, 5.74) is 5.19. The van der Waals surface area contributed by atoms with Crippen molar-refractivity contribution < 1.29 is 19.1 Å². The van der Waals surface area contributed by atoms with Crippen LogP contribution in [0.25, 0.3) is 0 Å². The van der Waals surface area contributed by atoms with Gasteiger partial charge in [-0.15, -0.1) is 0 Å². The third-order valence-electron chi connectivity index (χ3n) is 1.57. The minimum atomic E-state index is -0.714. The summed E-state index contributed by atoms with van der Waals surface area (Å²) < 4.78 is 8.79. The van der Waals surface area contributed by atoms with Crippen LogP contribution < -0.4 is 5.73 Å². The number of nitrogens with zero attached hydrogens (tertiary/aromatic N) is 1. The molecule has 0 radical (unpaired) electrons. The van der Waals surface area contributed by atoms with E-state index in [4.69, 9.17) is 5.73 Å². The van der Waals surface area contributed by atoms with Gasteiger partial charge in [0, 0.05) is 0 Å². The largest absolute Gasteiger partial charge is 0.464 e. The Hall–Kier alpha value is -2.05. The molecule has 7 nitrogen and oxygen atoms in total. The van der Waals surface area contributed by atoms with Gasteiger partial charge in [-0.05, 0) is 0 Å². The van der Waals surface area contributed by atoms with Crippen LogP contribution in [0, 0.1) is 0 Å². The van der Waals surface area contributed by atoms with Gasteiger partial charge in [-0.25, -0.2) is 9.59 Å². The molecule has 0 aliphatic rings. The molecule has 0 aliphatic carbocycles. The smallest absolute Gasteiger partial charge is 0.360 e. The average molecular weight is 199 g/mol. The van der Waals surface area contributed by atoms with E-state index in [2.05, 4.69) is 19.7 Å². The van der Waals surface area contributed by atoms with Crippen molar-refractivity contribution >= 4 is 17.6 Å². The molecule has 76 valence electrons. The van der Waals surface area contributed by atoms with Crippen molar-refractivity contribution in [2.75, 3.05) is 20.0 Å². The van der Waals surface area contributed by atoms with E-state index in [0.29, 0.717) is 0 Å². The molecular formula is C7H9N3O4. The number of methoxy groups -OCH3 is 2. The molecule has 1 aromatic rings. The van der Waals surface area contributed by atoms with E-state index < -0.39 is 11.9 Å². The van der Waals surface area contributed by atoms with Crippen LogP contribution in [0.1, 0.15) is 21.0 Å². The third-order valence-corrected chi connectivity index (χ3v) is 1.57. The Kier molecular flexibility index (Phi) is 2.70. The SMILES string of the molecule is COC(=O)c1n[nH]c(C(=O)OC)c1N. The molecule has 0 saturated heterocycles. The van der Waals surface area contributed by atoms with Gasteiger partial charge in [-0.3, -0.25) is 5.10 Å². The molecule has 0 fully saturated rings. The summed E-state index contributed by atoms with van der Waals surface area (Å²) in [5, 5.41) is 5.82. The molecule has 0 saturated carbocycles. The summed E-state index contributed by atoms with van der Waals surface area (Å²) in [7, 11) is 2.38. The van der Waals surface area contributed by atoms with E-state index in [9.17, 15) is 9.59 Å². The number of carbonyl (C=O) groups is 2. The van der Waals surface area contributed by atoms with E-state index in [1.54, 1.807) is 0 Å². The maximum absolute atomic E-state index is 11.0. The number of carbonyl (C=O) groups excluding carboxylic acids is 2. The van der Waals surface area contributed by atoms with Crippen molar-refractivity contribution in [3.8, 4) is 0 Å². The Bertz CT molecular complexity index is 338. The summed E-state index contributed by atoms with van der Waals surface area (Å²) in [5.74, 6) is -1.40. The first-order valence-electron chi connectivity index (χ1n) is 3.62. The van der Waals surface area contributed by atoms with Crippen LogP contribution in [0.4, 0.5) is 5.69 Å². The first-order valence-corrected chi connectivity index (χ1v) is 3.62. The zero-order valence-electron chi connectivity index (χ0n) is 7.66. The Morgan fingerprint density at radius 3 is 2.36 bits per heavy atom. The molecule has 0 bridgehead atoms. The fraction of sp³-hybridized carbons (Fsp3) is 0.286. The maximum Gasteiger partial charge on any atom is 0.360 e. The van der Waals surface area contributed by atoms with Crippen molar-refractivity contribution in [3.63, 3.8) is 0 Å². The average Bonchev–Trinajstić information content (AvgIpc) is 2.58. The summed E-state index contributed by atoms with van der Waals surface area (Å²) in [4.78, 5) is 22.1. The molecule has 7 heteroatoms. The maximum atomic E-state index is 11.0. The number of ether oxygens (including phenoxy) is 2. The molecule has 0 aromatic carbocycles. The van der Waals surface area contributed by atoms with Gasteiger partial charge in [-0.1, -0.05) is 0 Å². The summed E-state index contributed by atoms with van der Waals surface area (Å²) in [6.45, 7) is 0. The number of esters is 2. The Balaban J connectivity index is 3.08. The fourth-order valence-corrected chi connectivity index (χ4v) is 0.861. The van der Waals surface area contributed by atoms with Gasteiger partial charge in [-0.2, -0.15) is 5.10 Å². The van der Waals surface area contributed by atoms with Gasteiger partial charge in [0.2, 0.25) is 0 Å². The lowest BCUT2D eigenvalue weighted by atomic mass is 10.3. The van der Waals surface area contributed by atoms with Crippen molar-refractivity contribution in [3.05, 3.63) is 11.4 Å². The molecule has 14 heavy (non-hydrogen) atoms. The number of anilines is 1. The number of aromatic nitrogens is 2. The van der Waals surface area contributed by atoms with Crippen molar-refractivity contribution in [1.29, 1.82) is 0 Å². The minimum Gasteiger partial charge on any atom is -0.464 e. The van der Waals surface area contributed by atoms with Gasteiger partial charge in [0.05, 0.1) is 19.9 Å². The third kappa shape index (κ3) is 1.51. The number of H-pyrrole nitrogens is 1. The van der Waals surface area contributed by atoms with Gasteiger partial charge in [0.25, 0.3) is 0 Å². The summed E-state index contributed by atoms with van der Waals surface area (Å²) in [6, 6.07) is 0. The molecule has 0 amide bonds. The molecule has 1 rings (SSSR count). The molecule has 1 aromatic heterocycles. The topological polar surface area (TPSA) is 107 Å². The lowest BCUT2D eigenvalue weighted by molar-refractivity contribution is 0.0588. The monoisotopic (exact) mass is 199 g/mol. The molecule has 1 heterocycles. The van der Waals surface area contributed by atoms with Crippen LogP contribution in [-0.4, -0.2) is 36.4 Å². The Morgan fingerprint density at radius 2 is 1.86 bits per heavy atom. The predicted molar refractivity (Wildman–Crippen MR) is 45.7 cm³/mol. The first-order chi connectivity index (χ1) is 6.61. The van der Waals surface area contributed by atoms with E-state index >= 15 is 0 Å². The zero-order valence-corrected chi connectivity index (χ0v) is 7.66. The molecule has 0 atom stereocenters. The number of aromatic amines is 1. The second kappa shape index (κ2) is 3.77. The Morgan fingerprint density at radius 1 is 1.29 bits per heavy atom. The summed E-state index contributed by atoms with van der Waals surface area (Å²) >= 11 is 0. The van der Waals surface area contributed by atoms with Crippen LogP contribution in [0.3, 0.4) is 0 Å². The predicted octanol–water partition coefficient (Wildman–Crippen LogP) is -0.435. The van der Waals surface area contributed by atoms with Gasteiger partial charge >= 0.3 is 11.9 Å². The number of hydrogen-bond donors (Lipinski definition) is 2. The lowest BCUT2D eigenvalue weighted by Gasteiger charge is -1.97. The highest BCUT2D eigenvalue weighted by Crippen LogP contribution is 2.15. The normalized spacial score (nSPS) is 9.57. The summed E-state index contributed by atoms with van der Waals surface area (Å²) in [6.07, 6.45) is 0. The number of hydrogen-bond acceptors (Lipinski definition) is 6. The van der Waals surface area contributed by atoms with Crippen LogP contribution in [0.15, 0.2) is 0 Å². The fourth-order valence-electron chi connectivity index (χ4n) is 0.861.